The molecule has 2 N–H and O–H groups in total. The molecule has 3 aromatic carbocycles. The molecule has 4 rings (SSSR count). The van der Waals surface area contributed by atoms with E-state index in [4.69, 9.17) is 4.74 Å². The number of nitrogens with zero attached hydrogens (tertiary/aromatic N) is 2. The predicted molar refractivity (Wildman–Crippen MR) is 119 cm³/mol. The molecule has 1 saturated carbocycles. The normalized spacial score (nSPS) is 16.5. The molecule has 8 nitrogen and oxygen atoms in total. The van der Waals surface area contributed by atoms with Gasteiger partial charge < -0.3 is 9.84 Å². The van der Waals surface area contributed by atoms with E-state index in [2.05, 4.69) is 10.5 Å². The molecule has 0 aliphatic heterocycles. The zero-order chi connectivity index (χ0) is 22.7. The Morgan fingerprint density at radius 2 is 1.75 bits per heavy atom. The van der Waals surface area contributed by atoms with E-state index in [0.717, 1.165) is 17.2 Å². The molecule has 1 amide bonds. The van der Waals surface area contributed by atoms with Gasteiger partial charge in [0.15, 0.2) is 5.75 Å². The summed E-state index contributed by atoms with van der Waals surface area (Å²) in [5.74, 6) is -1.16. The minimum atomic E-state index is -0.716. The molecule has 0 bridgehead atoms. The Kier molecular flexibility index (Phi) is 5.59. The number of phenolic OH excluding ortho intramolecular Hbond substituents is 1. The van der Waals surface area contributed by atoms with Gasteiger partial charge in [0.05, 0.1) is 24.2 Å². The summed E-state index contributed by atoms with van der Waals surface area (Å²) in [5, 5.41) is 25.0. The topological polar surface area (TPSA) is 114 Å². The number of phenols is 1. The van der Waals surface area contributed by atoms with E-state index in [1.807, 2.05) is 60.7 Å². The third kappa shape index (κ3) is 3.78. The highest BCUT2D eigenvalue weighted by molar-refractivity contribution is 5.88. The summed E-state index contributed by atoms with van der Waals surface area (Å²) >= 11 is 0. The number of methoxy groups -OCH3 is 1. The van der Waals surface area contributed by atoms with E-state index in [-0.39, 0.29) is 17.6 Å². The number of hydrazone groups is 1. The predicted octanol–water partition coefficient (Wildman–Crippen LogP) is 3.77. The van der Waals surface area contributed by atoms with Crippen molar-refractivity contribution < 1.29 is 19.6 Å². The van der Waals surface area contributed by atoms with Crippen molar-refractivity contribution >= 4 is 17.8 Å². The number of hydrogen-bond acceptors (Lipinski definition) is 6. The van der Waals surface area contributed by atoms with Crippen LogP contribution in [0.15, 0.2) is 77.9 Å². The van der Waals surface area contributed by atoms with Crippen molar-refractivity contribution in [1.82, 2.24) is 5.43 Å². The second-order valence-corrected chi connectivity index (χ2v) is 7.54. The molecule has 3 aromatic rings. The summed E-state index contributed by atoms with van der Waals surface area (Å²) in [6.07, 6.45) is 1.93. The number of rotatable bonds is 7. The van der Waals surface area contributed by atoms with Crippen LogP contribution < -0.4 is 10.2 Å². The maximum atomic E-state index is 12.9. The number of carbonyl (C=O) groups is 1. The number of nitro benzene ring substituents is 1. The standard InChI is InChI=1S/C24H21N3O5/c1-32-21-13-16(12-20(22(21)28)27(30)31)15-25-26-23(29)19-14-24(19,17-8-4-2-5-9-17)18-10-6-3-7-11-18/h2-13,15,19,28H,14H2,1H3,(H,26,29)/b25-15+/t19-/m1/s1. The average Bonchev–Trinajstić information content (AvgIpc) is 3.58. The van der Waals surface area contributed by atoms with Gasteiger partial charge >= 0.3 is 5.69 Å². The average molecular weight is 431 g/mol. The zero-order valence-corrected chi connectivity index (χ0v) is 17.3. The lowest BCUT2D eigenvalue weighted by atomic mass is 9.85. The van der Waals surface area contributed by atoms with E-state index < -0.39 is 21.8 Å². The Morgan fingerprint density at radius 3 is 2.28 bits per heavy atom. The van der Waals surface area contributed by atoms with Gasteiger partial charge in [0.1, 0.15) is 0 Å². The molecule has 0 spiro atoms. The zero-order valence-electron chi connectivity index (χ0n) is 17.3. The van der Waals surface area contributed by atoms with Gasteiger partial charge in [-0.2, -0.15) is 5.10 Å². The van der Waals surface area contributed by atoms with Crippen LogP contribution in [0, 0.1) is 16.0 Å². The molecule has 32 heavy (non-hydrogen) atoms. The molecule has 0 radical (unpaired) electrons. The molecular weight excluding hydrogens is 410 g/mol. The number of nitro groups is 1. The van der Waals surface area contributed by atoms with E-state index in [1.165, 1.54) is 19.4 Å². The minimum Gasteiger partial charge on any atom is -0.500 e. The Labute approximate surface area is 184 Å². The van der Waals surface area contributed by atoms with Crippen LogP contribution in [-0.4, -0.2) is 29.3 Å². The summed E-state index contributed by atoms with van der Waals surface area (Å²) in [5.41, 5.74) is 4.06. The maximum Gasteiger partial charge on any atom is 0.315 e. The van der Waals surface area contributed by atoms with Crippen molar-refractivity contribution in [3.05, 3.63) is 99.6 Å². The fraction of sp³-hybridized carbons (Fsp3) is 0.167. The third-order valence-electron chi connectivity index (χ3n) is 5.74. The van der Waals surface area contributed by atoms with Crippen LogP contribution in [0.3, 0.4) is 0 Å². The first kappa shape index (κ1) is 21.0. The lowest BCUT2D eigenvalue weighted by Crippen LogP contribution is -2.25. The molecule has 1 aliphatic rings. The van der Waals surface area contributed by atoms with Crippen LogP contribution in [0.1, 0.15) is 23.1 Å². The summed E-state index contributed by atoms with van der Waals surface area (Å²) < 4.78 is 4.97. The lowest BCUT2D eigenvalue weighted by molar-refractivity contribution is -0.386. The van der Waals surface area contributed by atoms with Gasteiger partial charge in [-0.3, -0.25) is 14.9 Å². The molecule has 1 atom stereocenters. The Bertz CT molecular complexity index is 1140. The Hall–Kier alpha value is -4.20. The lowest BCUT2D eigenvalue weighted by Gasteiger charge is -2.18. The van der Waals surface area contributed by atoms with Crippen molar-refractivity contribution in [2.75, 3.05) is 7.11 Å². The van der Waals surface area contributed by atoms with Crippen LogP contribution >= 0.6 is 0 Å². The highest BCUT2D eigenvalue weighted by atomic mass is 16.6. The van der Waals surface area contributed by atoms with Crippen molar-refractivity contribution in [2.45, 2.75) is 11.8 Å². The molecule has 8 heteroatoms. The highest BCUT2D eigenvalue weighted by Crippen LogP contribution is 2.58. The Balaban J connectivity index is 1.55. The van der Waals surface area contributed by atoms with E-state index in [9.17, 15) is 20.0 Å². The second-order valence-electron chi connectivity index (χ2n) is 7.54. The van der Waals surface area contributed by atoms with E-state index >= 15 is 0 Å². The number of amides is 1. The summed E-state index contributed by atoms with van der Waals surface area (Å²) in [6.45, 7) is 0. The van der Waals surface area contributed by atoms with E-state index in [1.54, 1.807) is 0 Å². The molecular formula is C24H21N3O5. The molecule has 1 aliphatic carbocycles. The van der Waals surface area contributed by atoms with Gasteiger partial charge in [0.25, 0.3) is 0 Å². The van der Waals surface area contributed by atoms with Crippen LogP contribution in [-0.2, 0) is 10.2 Å². The summed E-state index contributed by atoms with van der Waals surface area (Å²) in [4.78, 5) is 23.3. The van der Waals surface area contributed by atoms with Crippen molar-refractivity contribution in [1.29, 1.82) is 0 Å². The van der Waals surface area contributed by atoms with Crippen molar-refractivity contribution in [3.8, 4) is 11.5 Å². The number of benzene rings is 3. The van der Waals surface area contributed by atoms with Gasteiger partial charge in [-0.15, -0.1) is 0 Å². The Morgan fingerprint density at radius 1 is 1.16 bits per heavy atom. The van der Waals surface area contributed by atoms with Gasteiger partial charge in [-0.05, 0) is 23.6 Å². The maximum absolute atomic E-state index is 12.9. The smallest absolute Gasteiger partial charge is 0.315 e. The third-order valence-corrected chi connectivity index (χ3v) is 5.74. The fourth-order valence-corrected chi connectivity index (χ4v) is 4.09. The fourth-order valence-electron chi connectivity index (χ4n) is 4.09. The molecule has 162 valence electrons. The van der Waals surface area contributed by atoms with Gasteiger partial charge in [0, 0.05) is 17.0 Å². The van der Waals surface area contributed by atoms with Crippen LogP contribution in [0.25, 0.3) is 0 Å². The first-order valence-electron chi connectivity index (χ1n) is 9.96. The number of ether oxygens (including phenoxy) is 1. The number of hydrogen-bond donors (Lipinski definition) is 2. The van der Waals surface area contributed by atoms with Crippen LogP contribution in [0.5, 0.6) is 11.5 Å². The minimum absolute atomic E-state index is 0.0543. The quantitative estimate of drug-likeness (QED) is 0.336. The van der Waals surface area contributed by atoms with Crippen molar-refractivity contribution in [2.24, 2.45) is 11.0 Å². The van der Waals surface area contributed by atoms with Crippen LogP contribution in [0.2, 0.25) is 0 Å². The van der Waals surface area contributed by atoms with Gasteiger partial charge in [0.2, 0.25) is 11.7 Å². The largest absolute Gasteiger partial charge is 0.500 e. The summed E-state index contributed by atoms with van der Waals surface area (Å²) in [6, 6.07) is 22.3. The van der Waals surface area contributed by atoms with Crippen LogP contribution in [0.4, 0.5) is 5.69 Å². The van der Waals surface area contributed by atoms with Gasteiger partial charge in [-0.1, -0.05) is 60.7 Å². The number of aromatic hydroxyl groups is 1. The first-order valence-corrected chi connectivity index (χ1v) is 9.96. The molecule has 0 heterocycles. The first-order chi connectivity index (χ1) is 15.5. The molecule has 0 unspecified atom stereocenters. The molecule has 1 fully saturated rings. The monoisotopic (exact) mass is 431 g/mol. The second kappa shape index (κ2) is 8.50. The highest BCUT2D eigenvalue weighted by Gasteiger charge is 2.60. The molecule has 0 saturated heterocycles. The summed E-state index contributed by atoms with van der Waals surface area (Å²) in [7, 11) is 1.29. The number of carbonyl (C=O) groups excluding carboxylic acids is 1. The van der Waals surface area contributed by atoms with Crippen molar-refractivity contribution in [3.63, 3.8) is 0 Å². The SMILES string of the molecule is COc1cc(/C=N/NC(=O)[C@H]2CC2(c2ccccc2)c2ccccc2)cc([N+](=O)[O-])c1O. The number of nitrogens with one attached hydrogen (secondary N) is 1. The van der Waals surface area contributed by atoms with Gasteiger partial charge in [-0.25, -0.2) is 5.43 Å². The van der Waals surface area contributed by atoms with E-state index in [0.29, 0.717) is 12.0 Å². The molecule has 0 aromatic heterocycles.